The standard InChI is InChI=1S/C12H14/c1-5(2)3-6-9-7-4-8-10(6)12(8)11(7)9/h3,7-12H,1,4H2,2H3. The van der Waals surface area contributed by atoms with Gasteiger partial charge in [0.2, 0.25) is 0 Å². The van der Waals surface area contributed by atoms with Crippen LogP contribution in [0.3, 0.4) is 0 Å². The van der Waals surface area contributed by atoms with Gasteiger partial charge >= 0.3 is 0 Å². The maximum absolute atomic E-state index is 3.99. The highest BCUT2D eigenvalue weighted by atomic mass is 14.8. The van der Waals surface area contributed by atoms with Gasteiger partial charge in [0.25, 0.3) is 0 Å². The first-order valence-electron chi connectivity index (χ1n) is 5.16. The third kappa shape index (κ3) is 0.437. The van der Waals surface area contributed by atoms with Crippen LogP contribution in [-0.2, 0) is 0 Å². The molecule has 0 radical (unpaired) electrons. The molecule has 0 saturated heterocycles. The Kier molecular flexibility index (Phi) is 0.727. The second-order valence-corrected chi connectivity index (χ2v) is 5.26. The second-order valence-electron chi connectivity index (χ2n) is 5.26. The number of allylic oxidation sites excluding steroid dienone is 3. The molecule has 0 heterocycles. The van der Waals surface area contributed by atoms with Gasteiger partial charge in [-0.05, 0) is 48.9 Å². The van der Waals surface area contributed by atoms with Crippen LogP contribution in [-0.4, -0.2) is 0 Å². The molecule has 0 heteroatoms. The topological polar surface area (TPSA) is 0 Å². The molecule has 6 unspecified atom stereocenters. The largest absolute Gasteiger partial charge is 0.0961 e. The van der Waals surface area contributed by atoms with Crippen molar-refractivity contribution in [2.24, 2.45) is 35.5 Å². The molecule has 0 amide bonds. The molecule has 4 aliphatic carbocycles. The van der Waals surface area contributed by atoms with Crippen molar-refractivity contribution in [3.63, 3.8) is 0 Å². The van der Waals surface area contributed by atoms with Crippen LogP contribution < -0.4 is 0 Å². The summed E-state index contributed by atoms with van der Waals surface area (Å²) < 4.78 is 0. The molecule has 62 valence electrons. The van der Waals surface area contributed by atoms with Gasteiger partial charge in [-0.25, -0.2) is 0 Å². The highest BCUT2D eigenvalue weighted by Gasteiger charge is 2.81. The van der Waals surface area contributed by atoms with Gasteiger partial charge in [-0.15, -0.1) is 0 Å². The summed E-state index contributed by atoms with van der Waals surface area (Å²) in [5.74, 6) is 6.67. The van der Waals surface area contributed by atoms with Crippen molar-refractivity contribution in [1.82, 2.24) is 0 Å². The fourth-order valence-corrected chi connectivity index (χ4v) is 4.41. The van der Waals surface area contributed by atoms with Crippen molar-refractivity contribution >= 4 is 0 Å². The van der Waals surface area contributed by atoms with Gasteiger partial charge in [-0.3, -0.25) is 0 Å². The van der Waals surface area contributed by atoms with E-state index in [2.05, 4.69) is 19.6 Å². The molecule has 4 rings (SSSR count). The lowest BCUT2D eigenvalue weighted by Gasteiger charge is -2.11. The fraction of sp³-hybridized carbons (Fsp3) is 0.667. The summed E-state index contributed by atoms with van der Waals surface area (Å²) in [5.41, 5.74) is 3.07. The van der Waals surface area contributed by atoms with Gasteiger partial charge in [-0.1, -0.05) is 23.8 Å². The van der Waals surface area contributed by atoms with E-state index >= 15 is 0 Å². The Morgan fingerprint density at radius 1 is 1.33 bits per heavy atom. The molecule has 12 heavy (non-hydrogen) atoms. The van der Waals surface area contributed by atoms with E-state index in [9.17, 15) is 0 Å². The van der Waals surface area contributed by atoms with E-state index in [1.54, 1.807) is 12.0 Å². The van der Waals surface area contributed by atoms with Crippen molar-refractivity contribution in [3.05, 3.63) is 23.8 Å². The van der Waals surface area contributed by atoms with Gasteiger partial charge in [-0.2, -0.15) is 0 Å². The lowest BCUT2D eigenvalue weighted by Crippen LogP contribution is -2.01. The van der Waals surface area contributed by atoms with Crippen LogP contribution in [0, 0.1) is 35.5 Å². The smallest absolute Gasteiger partial charge is 0.0131 e. The Balaban J connectivity index is 1.80. The number of hydrogen-bond acceptors (Lipinski definition) is 0. The van der Waals surface area contributed by atoms with Crippen molar-refractivity contribution in [2.75, 3.05) is 0 Å². The predicted molar refractivity (Wildman–Crippen MR) is 48.5 cm³/mol. The molecule has 0 N–H and O–H groups in total. The summed E-state index contributed by atoms with van der Waals surface area (Å²) in [4.78, 5) is 0. The SMILES string of the molecule is C=C(C)C=C1C2C3CC4C1C4C32. The molecule has 4 aliphatic rings. The quantitative estimate of drug-likeness (QED) is 0.550. The Bertz CT molecular complexity index is 301. The van der Waals surface area contributed by atoms with Crippen molar-refractivity contribution in [1.29, 1.82) is 0 Å². The van der Waals surface area contributed by atoms with E-state index in [0.717, 1.165) is 35.5 Å². The molecule has 0 nitrogen and oxygen atoms in total. The van der Waals surface area contributed by atoms with E-state index in [-0.39, 0.29) is 0 Å². The maximum atomic E-state index is 3.99. The van der Waals surface area contributed by atoms with Crippen LogP contribution in [0.25, 0.3) is 0 Å². The summed E-state index contributed by atoms with van der Waals surface area (Å²) in [6, 6.07) is 0. The Hall–Kier alpha value is -0.520. The average molecular weight is 158 g/mol. The molecule has 4 saturated carbocycles. The Morgan fingerprint density at radius 3 is 2.33 bits per heavy atom. The molecule has 0 aliphatic heterocycles. The third-order valence-electron chi connectivity index (χ3n) is 4.63. The zero-order chi connectivity index (χ0) is 8.03. The zero-order valence-electron chi connectivity index (χ0n) is 7.46. The summed E-state index contributed by atoms with van der Waals surface area (Å²) in [5, 5.41) is 0. The molecule has 0 bridgehead atoms. The van der Waals surface area contributed by atoms with E-state index in [1.807, 2.05) is 0 Å². The average Bonchev–Trinajstić information content (AvgIpc) is 2.81. The molecule has 0 aromatic carbocycles. The minimum atomic E-state index is 1.04. The van der Waals surface area contributed by atoms with Crippen molar-refractivity contribution < 1.29 is 0 Å². The summed E-state index contributed by atoms with van der Waals surface area (Å²) in [6.07, 6.45) is 3.97. The highest BCUT2D eigenvalue weighted by Crippen LogP contribution is 2.86. The number of hydrogen-bond donors (Lipinski definition) is 0. The van der Waals surface area contributed by atoms with Gasteiger partial charge in [0, 0.05) is 0 Å². The van der Waals surface area contributed by atoms with Crippen LogP contribution >= 0.6 is 0 Å². The van der Waals surface area contributed by atoms with E-state index in [1.165, 1.54) is 5.57 Å². The second kappa shape index (κ2) is 1.45. The molecule has 0 spiro atoms. The van der Waals surface area contributed by atoms with Crippen molar-refractivity contribution in [2.45, 2.75) is 13.3 Å². The lowest BCUT2D eigenvalue weighted by molar-refractivity contribution is 0.546. The lowest BCUT2D eigenvalue weighted by atomic mass is 9.94. The number of fused-ring (bicyclic) bond motifs is 2. The molecular weight excluding hydrogens is 144 g/mol. The van der Waals surface area contributed by atoms with Gasteiger partial charge in [0.15, 0.2) is 0 Å². The van der Waals surface area contributed by atoms with Crippen molar-refractivity contribution in [3.8, 4) is 0 Å². The first kappa shape index (κ1) is 6.01. The van der Waals surface area contributed by atoms with E-state index < -0.39 is 0 Å². The van der Waals surface area contributed by atoms with Crippen LogP contribution in [0.1, 0.15) is 13.3 Å². The summed E-state index contributed by atoms with van der Waals surface area (Å²) in [6.45, 7) is 6.12. The number of rotatable bonds is 1. The highest BCUT2D eigenvalue weighted by molar-refractivity contribution is 5.46. The zero-order valence-corrected chi connectivity index (χ0v) is 7.46. The predicted octanol–water partition coefficient (Wildman–Crippen LogP) is 2.63. The summed E-state index contributed by atoms with van der Waals surface area (Å²) in [7, 11) is 0. The minimum Gasteiger partial charge on any atom is -0.0961 e. The minimum absolute atomic E-state index is 1.04. The van der Waals surface area contributed by atoms with E-state index in [0.29, 0.717) is 0 Å². The molecule has 4 fully saturated rings. The fourth-order valence-electron chi connectivity index (χ4n) is 4.41. The molecule has 0 aromatic heterocycles. The van der Waals surface area contributed by atoms with Crippen LogP contribution in [0.5, 0.6) is 0 Å². The molecule has 0 aromatic rings. The van der Waals surface area contributed by atoms with Crippen LogP contribution in [0.15, 0.2) is 23.8 Å². The third-order valence-corrected chi connectivity index (χ3v) is 4.63. The molecule has 6 atom stereocenters. The van der Waals surface area contributed by atoms with Gasteiger partial charge in [0.05, 0.1) is 0 Å². The molecular formula is C12H14. The van der Waals surface area contributed by atoms with Gasteiger partial charge in [0.1, 0.15) is 0 Å². The normalized spacial score (nSPS) is 61.6. The van der Waals surface area contributed by atoms with E-state index in [4.69, 9.17) is 0 Å². The first-order valence-corrected chi connectivity index (χ1v) is 5.16. The maximum Gasteiger partial charge on any atom is -0.0131 e. The van der Waals surface area contributed by atoms with Gasteiger partial charge < -0.3 is 0 Å². The van der Waals surface area contributed by atoms with Crippen LogP contribution in [0.4, 0.5) is 0 Å². The monoisotopic (exact) mass is 158 g/mol. The first-order chi connectivity index (χ1) is 5.79. The Labute approximate surface area is 73.4 Å². The van der Waals surface area contributed by atoms with Crippen LogP contribution in [0.2, 0.25) is 0 Å². The Morgan fingerprint density at radius 2 is 1.92 bits per heavy atom. The summed E-state index contributed by atoms with van der Waals surface area (Å²) >= 11 is 0.